The van der Waals surface area contributed by atoms with Gasteiger partial charge in [0.05, 0.1) is 5.54 Å². The van der Waals surface area contributed by atoms with Gasteiger partial charge in [-0.05, 0) is 34.0 Å². The number of rotatable bonds is 7. The van der Waals surface area contributed by atoms with Crippen LogP contribution in [-0.2, 0) is 11.3 Å². The molecule has 0 atom stereocenters. The maximum atomic E-state index is 11.8. The lowest BCUT2D eigenvalue weighted by atomic mass is 10.1. The molecule has 0 spiro atoms. The predicted octanol–water partition coefficient (Wildman–Crippen LogP) is 0.981. The number of amides is 1. The van der Waals surface area contributed by atoms with Gasteiger partial charge in [0.25, 0.3) is 0 Å². The van der Waals surface area contributed by atoms with Crippen molar-refractivity contribution in [2.45, 2.75) is 25.9 Å². The summed E-state index contributed by atoms with van der Waals surface area (Å²) in [6, 6.07) is 7.69. The molecule has 112 valence electrons. The van der Waals surface area contributed by atoms with Crippen LogP contribution in [0, 0.1) is 0 Å². The summed E-state index contributed by atoms with van der Waals surface area (Å²) in [6.45, 7) is 5.23. The first-order valence-corrected chi connectivity index (χ1v) is 6.73. The van der Waals surface area contributed by atoms with Gasteiger partial charge in [0.1, 0.15) is 12.4 Å². The second-order valence-electron chi connectivity index (χ2n) is 5.66. The lowest BCUT2D eigenvalue weighted by Gasteiger charge is -2.19. The van der Waals surface area contributed by atoms with E-state index in [0.717, 1.165) is 17.9 Å². The molecule has 0 saturated heterocycles. The molecule has 0 heterocycles. The summed E-state index contributed by atoms with van der Waals surface area (Å²) >= 11 is 0. The quantitative estimate of drug-likeness (QED) is 0.781. The van der Waals surface area contributed by atoms with E-state index in [4.69, 9.17) is 10.5 Å². The third kappa shape index (κ3) is 5.59. The van der Waals surface area contributed by atoms with Crippen LogP contribution in [0.2, 0.25) is 0 Å². The number of carbonyl (C=O) groups is 1. The fourth-order valence-electron chi connectivity index (χ4n) is 1.53. The van der Waals surface area contributed by atoms with Gasteiger partial charge in [0, 0.05) is 18.7 Å². The molecule has 5 heteroatoms. The van der Waals surface area contributed by atoms with Gasteiger partial charge >= 0.3 is 0 Å². The summed E-state index contributed by atoms with van der Waals surface area (Å²) in [5, 5.41) is 2.82. The Labute approximate surface area is 121 Å². The Morgan fingerprint density at radius 3 is 2.60 bits per heavy atom. The van der Waals surface area contributed by atoms with E-state index in [1.165, 1.54) is 0 Å². The molecule has 0 aromatic heterocycles. The van der Waals surface area contributed by atoms with Gasteiger partial charge in [-0.15, -0.1) is 0 Å². The van der Waals surface area contributed by atoms with Gasteiger partial charge < -0.3 is 20.7 Å². The molecule has 0 aliphatic rings. The van der Waals surface area contributed by atoms with Gasteiger partial charge in [0.15, 0.2) is 0 Å². The van der Waals surface area contributed by atoms with Crippen molar-refractivity contribution >= 4 is 5.91 Å². The maximum absolute atomic E-state index is 11.8. The van der Waals surface area contributed by atoms with Gasteiger partial charge in [0.2, 0.25) is 5.91 Å². The Morgan fingerprint density at radius 1 is 1.35 bits per heavy atom. The lowest BCUT2D eigenvalue weighted by Crippen LogP contribution is -2.48. The normalized spacial score (nSPS) is 11.5. The molecule has 0 fully saturated rings. The van der Waals surface area contributed by atoms with Crippen LogP contribution in [-0.4, -0.2) is 43.6 Å². The number of carbonyl (C=O) groups excluding carboxylic acids is 1. The Balaban J connectivity index is 2.59. The van der Waals surface area contributed by atoms with E-state index in [2.05, 4.69) is 10.2 Å². The van der Waals surface area contributed by atoms with Crippen molar-refractivity contribution in [3.63, 3.8) is 0 Å². The summed E-state index contributed by atoms with van der Waals surface area (Å²) in [4.78, 5) is 13.8. The summed E-state index contributed by atoms with van der Waals surface area (Å²) in [5.41, 5.74) is 5.82. The van der Waals surface area contributed by atoms with Crippen LogP contribution in [0.4, 0.5) is 0 Å². The SMILES string of the molecule is CN(C)CCOc1ccccc1CNC(=O)C(C)(C)N. The Bertz CT molecular complexity index is 439. The number of ether oxygens (including phenoxy) is 1. The van der Waals surface area contributed by atoms with E-state index in [1.54, 1.807) is 13.8 Å². The van der Waals surface area contributed by atoms with Crippen LogP contribution in [0.3, 0.4) is 0 Å². The van der Waals surface area contributed by atoms with E-state index in [0.29, 0.717) is 13.2 Å². The fraction of sp³-hybridized carbons (Fsp3) is 0.533. The van der Waals surface area contributed by atoms with E-state index in [1.807, 2.05) is 38.4 Å². The van der Waals surface area contributed by atoms with Crippen molar-refractivity contribution in [3.8, 4) is 5.75 Å². The summed E-state index contributed by atoms with van der Waals surface area (Å²) in [5.74, 6) is 0.616. The average molecular weight is 279 g/mol. The molecule has 0 aliphatic carbocycles. The minimum Gasteiger partial charge on any atom is -0.492 e. The highest BCUT2D eigenvalue weighted by Gasteiger charge is 2.21. The second kappa shape index (κ2) is 7.26. The largest absolute Gasteiger partial charge is 0.492 e. The van der Waals surface area contributed by atoms with Crippen molar-refractivity contribution in [2.75, 3.05) is 27.2 Å². The second-order valence-corrected chi connectivity index (χ2v) is 5.66. The number of likely N-dealkylation sites (N-methyl/N-ethyl adjacent to an activating group) is 1. The van der Waals surface area contributed by atoms with Crippen molar-refractivity contribution < 1.29 is 9.53 Å². The topological polar surface area (TPSA) is 67.6 Å². The summed E-state index contributed by atoms with van der Waals surface area (Å²) in [6.07, 6.45) is 0. The van der Waals surface area contributed by atoms with Crippen LogP contribution in [0.15, 0.2) is 24.3 Å². The molecule has 20 heavy (non-hydrogen) atoms. The number of nitrogens with zero attached hydrogens (tertiary/aromatic N) is 1. The first-order chi connectivity index (χ1) is 9.30. The van der Waals surface area contributed by atoms with Crippen LogP contribution >= 0.6 is 0 Å². The molecule has 0 unspecified atom stereocenters. The molecule has 1 amide bonds. The number of hydrogen-bond donors (Lipinski definition) is 2. The molecule has 1 rings (SSSR count). The Morgan fingerprint density at radius 2 is 2.00 bits per heavy atom. The molecule has 3 N–H and O–H groups in total. The standard InChI is InChI=1S/C15H25N3O2/c1-15(2,16)14(19)17-11-12-7-5-6-8-13(12)20-10-9-18(3)4/h5-8H,9-11,16H2,1-4H3,(H,17,19). The molecule has 0 saturated carbocycles. The molecule has 0 bridgehead atoms. The fourth-order valence-corrected chi connectivity index (χ4v) is 1.53. The third-order valence-electron chi connectivity index (χ3n) is 2.79. The van der Waals surface area contributed by atoms with Crippen molar-refractivity contribution in [2.24, 2.45) is 5.73 Å². The minimum atomic E-state index is -0.874. The molecule has 0 aliphatic heterocycles. The molecule has 5 nitrogen and oxygen atoms in total. The van der Waals surface area contributed by atoms with Crippen molar-refractivity contribution in [1.82, 2.24) is 10.2 Å². The highest BCUT2D eigenvalue weighted by Crippen LogP contribution is 2.17. The van der Waals surface area contributed by atoms with Gasteiger partial charge in [-0.1, -0.05) is 18.2 Å². The monoisotopic (exact) mass is 279 g/mol. The first kappa shape index (κ1) is 16.5. The van der Waals surface area contributed by atoms with E-state index < -0.39 is 5.54 Å². The lowest BCUT2D eigenvalue weighted by molar-refractivity contribution is -0.125. The number of nitrogens with two attached hydrogens (primary N) is 1. The molecular weight excluding hydrogens is 254 g/mol. The smallest absolute Gasteiger partial charge is 0.239 e. The van der Waals surface area contributed by atoms with Crippen LogP contribution in [0.5, 0.6) is 5.75 Å². The molecule has 1 aromatic rings. The Hall–Kier alpha value is -1.59. The van der Waals surface area contributed by atoms with Crippen LogP contribution in [0.25, 0.3) is 0 Å². The average Bonchev–Trinajstić information content (AvgIpc) is 2.35. The third-order valence-corrected chi connectivity index (χ3v) is 2.79. The van der Waals surface area contributed by atoms with Crippen molar-refractivity contribution in [1.29, 1.82) is 0 Å². The summed E-state index contributed by atoms with van der Waals surface area (Å²) in [7, 11) is 4.00. The number of nitrogens with one attached hydrogen (secondary N) is 1. The van der Waals surface area contributed by atoms with Crippen LogP contribution in [0.1, 0.15) is 19.4 Å². The molecular formula is C15H25N3O2. The zero-order valence-electron chi connectivity index (χ0n) is 12.8. The number of hydrogen-bond acceptors (Lipinski definition) is 4. The number of benzene rings is 1. The molecule has 1 aromatic carbocycles. The zero-order chi connectivity index (χ0) is 15.2. The molecule has 0 radical (unpaired) electrons. The highest BCUT2D eigenvalue weighted by molar-refractivity contribution is 5.85. The predicted molar refractivity (Wildman–Crippen MR) is 80.6 cm³/mol. The van der Waals surface area contributed by atoms with E-state index >= 15 is 0 Å². The van der Waals surface area contributed by atoms with Crippen molar-refractivity contribution in [3.05, 3.63) is 29.8 Å². The highest BCUT2D eigenvalue weighted by atomic mass is 16.5. The first-order valence-electron chi connectivity index (χ1n) is 6.73. The van der Waals surface area contributed by atoms with Gasteiger partial charge in [-0.3, -0.25) is 4.79 Å². The Kier molecular flexibility index (Phi) is 5.98. The summed E-state index contributed by atoms with van der Waals surface area (Å²) < 4.78 is 5.74. The van der Waals surface area contributed by atoms with E-state index in [-0.39, 0.29) is 5.91 Å². The number of para-hydroxylation sites is 1. The maximum Gasteiger partial charge on any atom is 0.239 e. The zero-order valence-corrected chi connectivity index (χ0v) is 12.8. The minimum absolute atomic E-state index is 0.180. The van der Waals surface area contributed by atoms with Gasteiger partial charge in [-0.2, -0.15) is 0 Å². The van der Waals surface area contributed by atoms with Gasteiger partial charge in [-0.25, -0.2) is 0 Å². The van der Waals surface area contributed by atoms with Crippen LogP contribution < -0.4 is 15.8 Å². The van der Waals surface area contributed by atoms with E-state index in [9.17, 15) is 4.79 Å².